The highest BCUT2D eigenvalue weighted by molar-refractivity contribution is 5.94. The van der Waals surface area contributed by atoms with Gasteiger partial charge < -0.3 is 9.42 Å². The predicted octanol–water partition coefficient (Wildman–Crippen LogP) is 5.84. The Morgan fingerprint density at radius 3 is 2.63 bits per heavy atom. The fraction of sp³-hybridized carbons (Fsp3) is 0.400. The third-order valence-electron chi connectivity index (χ3n) is 5.79. The third-order valence-corrected chi connectivity index (χ3v) is 5.79. The molecule has 156 valence electrons. The van der Waals surface area contributed by atoms with Gasteiger partial charge >= 0.3 is 0 Å². The molecular formula is C25H29N3O2. The van der Waals surface area contributed by atoms with Crippen LogP contribution in [0, 0.1) is 0 Å². The van der Waals surface area contributed by atoms with Crippen LogP contribution in [0.4, 0.5) is 0 Å². The SMILES string of the molecule is CCCCCCc1ccc(C(=O)N2CCC[C@@H]2c2nc(-c3ccccc3)no2)cc1. The molecule has 3 aromatic rings. The Hall–Kier alpha value is -2.95. The molecule has 1 aromatic heterocycles. The van der Waals surface area contributed by atoms with Crippen LogP contribution >= 0.6 is 0 Å². The Kier molecular flexibility index (Phi) is 6.57. The number of carbonyl (C=O) groups excluding carboxylic acids is 1. The van der Waals surface area contributed by atoms with Crippen molar-refractivity contribution in [2.24, 2.45) is 0 Å². The number of unbranched alkanes of at least 4 members (excludes halogenated alkanes) is 3. The normalized spacial score (nSPS) is 16.2. The minimum Gasteiger partial charge on any atom is -0.337 e. The first-order valence-electron chi connectivity index (χ1n) is 11.0. The lowest BCUT2D eigenvalue weighted by atomic mass is 10.0. The Morgan fingerprint density at radius 2 is 1.87 bits per heavy atom. The Balaban J connectivity index is 1.43. The Morgan fingerprint density at radius 1 is 1.07 bits per heavy atom. The molecular weight excluding hydrogens is 374 g/mol. The number of amides is 1. The molecule has 30 heavy (non-hydrogen) atoms. The van der Waals surface area contributed by atoms with Crippen molar-refractivity contribution in [3.63, 3.8) is 0 Å². The molecule has 4 rings (SSSR count). The molecule has 0 spiro atoms. The van der Waals surface area contributed by atoms with Crippen LogP contribution in [0.5, 0.6) is 0 Å². The second kappa shape index (κ2) is 9.70. The summed E-state index contributed by atoms with van der Waals surface area (Å²) in [5, 5.41) is 4.13. The van der Waals surface area contributed by atoms with Gasteiger partial charge in [0.15, 0.2) is 0 Å². The number of nitrogens with zero attached hydrogens (tertiary/aromatic N) is 3. The minimum absolute atomic E-state index is 0.0366. The summed E-state index contributed by atoms with van der Waals surface area (Å²) >= 11 is 0. The molecule has 0 saturated carbocycles. The monoisotopic (exact) mass is 403 g/mol. The highest BCUT2D eigenvalue weighted by Gasteiger charge is 2.34. The maximum absolute atomic E-state index is 13.2. The lowest BCUT2D eigenvalue weighted by Gasteiger charge is -2.22. The first-order valence-corrected chi connectivity index (χ1v) is 11.0. The zero-order valence-electron chi connectivity index (χ0n) is 17.6. The molecule has 5 nitrogen and oxygen atoms in total. The van der Waals surface area contributed by atoms with Crippen LogP contribution in [0.25, 0.3) is 11.4 Å². The van der Waals surface area contributed by atoms with Gasteiger partial charge in [-0.1, -0.05) is 73.8 Å². The smallest absolute Gasteiger partial charge is 0.254 e. The number of hydrogen-bond acceptors (Lipinski definition) is 4. The summed E-state index contributed by atoms with van der Waals surface area (Å²) in [6.07, 6.45) is 7.86. The van der Waals surface area contributed by atoms with Crippen LogP contribution in [0.3, 0.4) is 0 Å². The van der Waals surface area contributed by atoms with Crippen LogP contribution in [0.2, 0.25) is 0 Å². The molecule has 5 heteroatoms. The molecule has 0 bridgehead atoms. The van der Waals surface area contributed by atoms with Crippen molar-refractivity contribution in [2.75, 3.05) is 6.54 Å². The molecule has 2 aromatic carbocycles. The summed E-state index contributed by atoms with van der Waals surface area (Å²) in [5.41, 5.74) is 2.94. The van der Waals surface area contributed by atoms with Gasteiger partial charge in [0.2, 0.25) is 11.7 Å². The second-order valence-corrected chi connectivity index (χ2v) is 7.99. The summed E-state index contributed by atoms with van der Waals surface area (Å²) in [6.45, 7) is 2.94. The molecule has 1 saturated heterocycles. The van der Waals surface area contributed by atoms with E-state index in [9.17, 15) is 4.79 Å². The minimum atomic E-state index is -0.156. The number of benzene rings is 2. The molecule has 1 aliphatic heterocycles. The van der Waals surface area contributed by atoms with Gasteiger partial charge in [-0.2, -0.15) is 4.98 Å². The van der Waals surface area contributed by atoms with Gasteiger partial charge in [0, 0.05) is 17.7 Å². The van der Waals surface area contributed by atoms with Crippen LogP contribution < -0.4 is 0 Å². The number of carbonyl (C=O) groups is 1. The molecule has 1 aliphatic rings. The van der Waals surface area contributed by atoms with E-state index in [1.807, 2.05) is 47.4 Å². The second-order valence-electron chi connectivity index (χ2n) is 7.99. The van der Waals surface area contributed by atoms with E-state index >= 15 is 0 Å². The summed E-state index contributed by atoms with van der Waals surface area (Å²) in [7, 11) is 0. The summed E-state index contributed by atoms with van der Waals surface area (Å²) < 4.78 is 5.55. The summed E-state index contributed by atoms with van der Waals surface area (Å²) in [4.78, 5) is 19.6. The molecule has 0 radical (unpaired) electrons. The van der Waals surface area contributed by atoms with Crippen LogP contribution in [0.15, 0.2) is 59.1 Å². The quantitative estimate of drug-likeness (QED) is 0.444. The van der Waals surface area contributed by atoms with Gasteiger partial charge in [-0.15, -0.1) is 0 Å². The van der Waals surface area contributed by atoms with E-state index in [0.717, 1.165) is 30.4 Å². The molecule has 0 aliphatic carbocycles. The number of aryl methyl sites for hydroxylation is 1. The standard InChI is InChI=1S/C25H29N3O2/c1-2-3-4-6-10-19-14-16-21(17-15-19)25(29)28-18-9-13-22(28)24-26-23(27-30-24)20-11-7-5-8-12-20/h5,7-8,11-12,14-17,22H,2-4,6,9-10,13,18H2,1H3/t22-/m1/s1. The maximum Gasteiger partial charge on any atom is 0.254 e. The van der Waals surface area contributed by atoms with Gasteiger partial charge in [0.25, 0.3) is 5.91 Å². The van der Waals surface area contributed by atoms with E-state index < -0.39 is 0 Å². The average molecular weight is 404 g/mol. The largest absolute Gasteiger partial charge is 0.337 e. The molecule has 0 unspecified atom stereocenters. The number of likely N-dealkylation sites (tertiary alicyclic amines) is 1. The van der Waals surface area contributed by atoms with Gasteiger partial charge in [-0.25, -0.2) is 0 Å². The lowest BCUT2D eigenvalue weighted by molar-refractivity contribution is 0.0710. The zero-order valence-corrected chi connectivity index (χ0v) is 17.6. The van der Waals surface area contributed by atoms with Crippen LogP contribution in [-0.4, -0.2) is 27.5 Å². The first kappa shape index (κ1) is 20.3. The summed E-state index contributed by atoms with van der Waals surface area (Å²) in [5.74, 6) is 1.12. The third kappa shape index (κ3) is 4.61. The van der Waals surface area contributed by atoms with Gasteiger partial charge in [0.1, 0.15) is 6.04 Å². The van der Waals surface area contributed by atoms with Crippen LogP contribution in [0.1, 0.15) is 73.3 Å². The summed E-state index contributed by atoms with van der Waals surface area (Å²) in [6, 6.07) is 17.7. The Labute approximate surface area is 178 Å². The van der Waals surface area contributed by atoms with Crippen LogP contribution in [-0.2, 0) is 6.42 Å². The van der Waals surface area contributed by atoms with E-state index in [1.54, 1.807) is 0 Å². The molecule has 0 N–H and O–H groups in total. The number of rotatable bonds is 8. The van der Waals surface area contributed by atoms with Crippen molar-refractivity contribution in [3.05, 3.63) is 71.6 Å². The van der Waals surface area contributed by atoms with E-state index in [4.69, 9.17) is 4.52 Å². The van der Waals surface area contributed by atoms with Gasteiger partial charge in [0.05, 0.1) is 0 Å². The van der Waals surface area contributed by atoms with Crippen molar-refractivity contribution in [2.45, 2.75) is 57.9 Å². The molecule has 1 fully saturated rings. The molecule has 2 heterocycles. The van der Waals surface area contributed by atoms with Crippen molar-refractivity contribution >= 4 is 5.91 Å². The van der Waals surface area contributed by atoms with Crippen molar-refractivity contribution in [3.8, 4) is 11.4 Å². The van der Waals surface area contributed by atoms with Gasteiger partial charge in [-0.3, -0.25) is 4.79 Å². The maximum atomic E-state index is 13.2. The van der Waals surface area contributed by atoms with Gasteiger partial charge in [-0.05, 0) is 43.4 Å². The molecule has 1 amide bonds. The topological polar surface area (TPSA) is 59.2 Å². The van der Waals surface area contributed by atoms with E-state index in [-0.39, 0.29) is 11.9 Å². The zero-order chi connectivity index (χ0) is 20.8. The van der Waals surface area contributed by atoms with E-state index in [0.29, 0.717) is 18.3 Å². The fourth-order valence-corrected chi connectivity index (χ4v) is 4.08. The van der Waals surface area contributed by atoms with Crippen molar-refractivity contribution in [1.29, 1.82) is 0 Å². The predicted molar refractivity (Wildman–Crippen MR) is 117 cm³/mol. The number of aromatic nitrogens is 2. The molecule has 1 atom stereocenters. The van der Waals surface area contributed by atoms with E-state index in [2.05, 4.69) is 29.2 Å². The lowest BCUT2D eigenvalue weighted by Crippen LogP contribution is -2.30. The van der Waals surface area contributed by atoms with E-state index in [1.165, 1.54) is 31.2 Å². The highest BCUT2D eigenvalue weighted by atomic mass is 16.5. The fourth-order valence-electron chi connectivity index (χ4n) is 4.08. The first-order chi connectivity index (χ1) is 14.8. The number of hydrogen-bond donors (Lipinski definition) is 0. The average Bonchev–Trinajstić information content (AvgIpc) is 3.47. The van der Waals surface area contributed by atoms with Crippen molar-refractivity contribution < 1.29 is 9.32 Å². The van der Waals surface area contributed by atoms with Crippen molar-refractivity contribution in [1.82, 2.24) is 15.0 Å². The highest BCUT2D eigenvalue weighted by Crippen LogP contribution is 2.33. The Bertz CT molecular complexity index is 950.